The molecule has 4 N–H and O–H groups in total. The van der Waals surface area contributed by atoms with Crippen molar-refractivity contribution >= 4 is 17.9 Å². The number of hydrogen-bond acceptors (Lipinski definition) is 8. The third kappa shape index (κ3) is 3.71. The fourth-order valence-corrected chi connectivity index (χ4v) is 2.40. The van der Waals surface area contributed by atoms with Crippen molar-refractivity contribution < 1.29 is 18.8 Å². The molecule has 3 aromatic rings. The summed E-state index contributed by atoms with van der Waals surface area (Å²) in [5, 5.41) is 21.8. The zero-order valence-electron chi connectivity index (χ0n) is 14.7. The van der Waals surface area contributed by atoms with E-state index in [0.717, 1.165) is 5.82 Å². The molecule has 3 rings (SSSR count). The molecule has 11 nitrogen and oxygen atoms in total. The van der Waals surface area contributed by atoms with Crippen LogP contribution in [0.25, 0.3) is 11.3 Å². The van der Waals surface area contributed by atoms with Crippen LogP contribution in [0.4, 0.5) is 11.6 Å². The molecule has 0 fully saturated rings. The van der Waals surface area contributed by atoms with Crippen molar-refractivity contribution in [2.24, 2.45) is 5.10 Å². The molecule has 0 bridgehead atoms. The maximum Gasteiger partial charge on any atom is 0.421 e. The topological polar surface area (TPSA) is 148 Å². The summed E-state index contributed by atoms with van der Waals surface area (Å²) >= 11 is 0. The maximum atomic E-state index is 11.0. The van der Waals surface area contributed by atoms with Crippen LogP contribution in [-0.2, 0) is 6.42 Å². The molecule has 0 spiro atoms. The van der Waals surface area contributed by atoms with Crippen LogP contribution in [0.5, 0.6) is 5.75 Å². The van der Waals surface area contributed by atoms with Gasteiger partial charge in [-0.25, -0.2) is 0 Å². The minimum atomic E-state index is -0.478. The standard InChI is InChI=1S/C16H17N7O4/c1-3-15-19-21-16(22(15)17)20-18-9-11-5-7-14(27-11)12-8-10(23(24)25)4-6-13(12)26-2/h4-9H,3,17H2,1-2H3,(H,20,21)/p+1/b18-9+. The van der Waals surface area contributed by atoms with Gasteiger partial charge in [0.25, 0.3) is 5.69 Å². The van der Waals surface area contributed by atoms with Crippen LogP contribution in [0, 0.1) is 10.1 Å². The number of H-pyrrole nitrogens is 1. The summed E-state index contributed by atoms with van der Waals surface area (Å²) in [5.74, 6) is 8.23. The Balaban J connectivity index is 1.79. The van der Waals surface area contributed by atoms with Gasteiger partial charge in [0.15, 0.2) is 0 Å². The van der Waals surface area contributed by atoms with Gasteiger partial charge in [-0.05, 0) is 18.2 Å². The Kier molecular flexibility index (Phi) is 5.01. The highest BCUT2D eigenvalue weighted by atomic mass is 16.6. The largest absolute Gasteiger partial charge is 0.496 e. The fourth-order valence-electron chi connectivity index (χ4n) is 2.40. The number of aromatic amines is 1. The van der Waals surface area contributed by atoms with E-state index in [-0.39, 0.29) is 5.69 Å². The van der Waals surface area contributed by atoms with Gasteiger partial charge in [0.05, 0.1) is 17.6 Å². The first-order valence-corrected chi connectivity index (χ1v) is 7.99. The van der Waals surface area contributed by atoms with Crippen LogP contribution in [0.2, 0.25) is 0 Å². The zero-order chi connectivity index (χ0) is 19.4. The van der Waals surface area contributed by atoms with E-state index in [9.17, 15) is 10.1 Å². The lowest BCUT2D eigenvalue weighted by Gasteiger charge is -2.05. The van der Waals surface area contributed by atoms with E-state index in [4.69, 9.17) is 15.0 Å². The number of nitrogens with zero attached hydrogens (tertiary/aromatic N) is 4. The van der Waals surface area contributed by atoms with Crippen molar-refractivity contribution in [2.75, 3.05) is 18.4 Å². The molecule has 27 heavy (non-hydrogen) atoms. The number of aromatic nitrogens is 3. The molecular formula is C16H18N7O4+. The second-order valence-electron chi connectivity index (χ2n) is 5.43. The Morgan fingerprint density at radius 1 is 1.48 bits per heavy atom. The minimum absolute atomic E-state index is 0.0585. The van der Waals surface area contributed by atoms with Crippen LogP contribution < -0.4 is 20.7 Å². The first-order chi connectivity index (χ1) is 13.0. The number of nitro groups is 1. The lowest BCUT2D eigenvalue weighted by Crippen LogP contribution is -2.48. The minimum Gasteiger partial charge on any atom is -0.496 e. The molecule has 2 heterocycles. The molecule has 140 valence electrons. The normalized spacial score (nSPS) is 11.0. The lowest BCUT2D eigenvalue weighted by atomic mass is 10.1. The molecular weight excluding hydrogens is 354 g/mol. The van der Waals surface area contributed by atoms with Crippen molar-refractivity contribution in [1.29, 1.82) is 0 Å². The van der Waals surface area contributed by atoms with Gasteiger partial charge in [-0.2, -0.15) is 10.5 Å². The first kappa shape index (κ1) is 17.9. The highest BCUT2D eigenvalue weighted by Gasteiger charge is 2.16. The number of furan rings is 1. The number of non-ortho nitro benzene ring substituents is 1. The maximum absolute atomic E-state index is 11.0. The predicted octanol–water partition coefficient (Wildman–Crippen LogP) is 1.60. The Labute approximate surface area is 153 Å². The number of methoxy groups -OCH3 is 1. The number of rotatable bonds is 7. The molecule has 0 aliphatic carbocycles. The molecule has 0 saturated carbocycles. The number of hydrogen-bond donors (Lipinski definition) is 3. The number of nitrogens with one attached hydrogen (secondary N) is 2. The van der Waals surface area contributed by atoms with E-state index >= 15 is 0 Å². The van der Waals surface area contributed by atoms with Crippen molar-refractivity contribution in [2.45, 2.75) is 13.3 Å². The number of ether oxygens (including phenoxy) is 1. The summed E-state index contributed by atoms with van der Waals surface area (Å²) < 4.78 is 12.3. The van der Waals surface area contributed by atoms with Crippen LogP contribution in [0.1, 0.15) is 18.5 Å². The number of aryl methyl sites for hydroxylation is 1. The average Bonchev–Trinajstić information content (AvgIpc) is 3.28. The van der Waals surface area contributed by atoms with Gasteiger partial charge < -0.3 is 9.15 Å². The summed E-state index contributed by atoms with van der Waals surface area (Å²) in [5.41, 5.74) is 3.12. The van der Waals surface area contributed by atoms with E-state index in [2.05, 4.69) is 20.7 Å². The van der Waals surface area contributed by atoms with Gasteiger partial charge >= 0.3 is 5.95 Å². The average molecular weight is 372 g/mol. The molecule has 0 unspecified atom stereocenters. The van der Waals surface area contributed by atoms with Crippen LogP contribution in [-0.4, -0.2) is 28.4 Å². The molecule has 0 aliphatic rings. The van der Waals surface area contributed by atoms with Crippen molar-refractivity contribution in [3.8, 4) is 17.1 Å². The molecule has 11 heteroatoms. The van der Waals surface area contributed by atoms with Gasteiger partial charge in [0, 0.05) is 23.7 Å². The van der Waals surface area contributed by atoms with Crippen LogP contribution >= 0.6 is 0 Å². The molecule has 1 aromatic carbocycles. The van der Waals surface area contributed by atoms with E-state index in [1.165, 1.54) is 36.2 Å². The first-order valence-electron chi connectivity index (χ1n) is 7.99. The smallest absolute Gasteiger partial charge is 0.421 e. The lowest BCUT2D eigenvalue weighted by molar-refractivity contribution is -0.632. The summed E-state index contributed by atoms with van der Waals surface area (Å²) in [6.45, 7) is 1.94. The molecule has 0 aliphatic heterocycles. The van der Waals surface area contributed by atoms with Gasteiger partial charge in [0.1, 0.15) is 23.5 Å². The quantitative estimate of drug-likeness (QED) is 0.187. The summed E-state index contributed by atoms with van der Waals surface area (Å²) in [6.07, 6.45) is 2.13. The van der Waals surface area contributed by atoms with Crippen LogP contribution in [0.15, 0.2) is 39.9 Å². The van der Waals surface area contributed by atoms with E-state index in [0.29, 0.717) is 35.2 Å². The van der Waals surface area contributed by atoms with Crippen molar-refractivity contribution in [3.63, 3.8) is 0 Å². The van der Waals surface area contributed by atoms with Crippen molar-refractivity contribution in [3.05, 3.63) is 52.0 Å². The molecule has 2 aromatic heterocycles. The number of nitrogens with two attached hydrogens (primary N) is 1. The number of nitro benzene ring substituents is 1. The third-order valence-corrected chi connectivity index (χ3v) is 3.79. The second-order valence-corrected chi connectivity index (χ2v) is 5.43. The highest BCUT2D eigenvalue weighted by molar-refractivity contribution is 5.79. The Bertz CT molecular complexity index is 993. The molecule has 0 atom stereocenters. The number of hydrazone groups is 1. The van der Waals surface area contributed by atoms with Crippen LogP contribution in [0.3, 0.4) is 0 Å². The van der Waals surface area contributed by atoms with Gasteiger partial charge in [0.2, 0.25) is 5.82 Å². The SMILES string of the molecule is CCc1[nH]nc(N/N=C/c2ccc(-c3cc([N+](=O)[O-])ccc3OC)o2)[n+]1N. The van der Waals surface area contributed by atoms with E-state index in [1.54, 1.807) is 12.1 Å². The Hall–Kier alpha value is -3.89. The van der Waals surface area contributed by atoms with Crippen molar-refractivity contribution in [1.82, 2.24) is 10.2 Å². The predicted molar refractivity (Wildman–Crippen MR) is 96.9 cm³/mol. The Morgan fingerprint density at radius 3 is 2.96 bits per heavy atom. The third-order valence-electron chi connectivity index (χ3n) is 3.79. The van der Waals surface area contributed by atoms with Gasteiger partial charge in [-0.3, -0.25) is 16.0 Å². The fraction of sp³-hybridized carbons (Fsp3) is 0.188. The molecule has 0 saturated heterocycles. The second kappa shape index (κ2) is 7.56. The number of benzene rings is 1. The Morgan fingerprint density at radius 2 is 2.30 bits per heavy atom. The van der Waals surface area contributed by atoms with E-state index < -0.39 is 4.92 Å². The molecule has 0 radical (unpaired) electrons. The number of nitrogen functional groups attached to an aromatic ring is 1. The highest BCUT2D eigenvalue weighted by Crippen LogP contribution is 2.34. The van der Waals surface area contributed by atoms with E-state index in [1.807, 2.05) is 6.92 Å². The summed E-state index contributed by atoms with van der Waals surface area (Å²) in [7, 11) is 1.48. The van der Waals surface area contributed by atoms with Gasteiger partial charge in [-0.15, -0.1) is 9.78 Å². The van der Waals surface area contributed by atoms with Gasteiger partial charge in [-0.1, -0.05) is 6.92 Å². The summed E-state index contributed by atoms with van der Waals surface area (Å²) in [4.78, 5) is 10.5. The molecule has 0 amide bonds. The monoisotopic (exact) mass is 372 g/mol. The summed E-state index contributed by atoms with van der Waals surface area (Å²) in [6, 6.07) is 7.64. The number of anilines is 1. The zero-order valence-corrected chi connectivity index (χ0v) is 14.7.